The average Bonchev–Trinajstić information content (AvgIpc) is 3.48. The Morgan fingerprint density at radius 2 is 2.08 bits per heavy atom. The summed E-state index contributed by atoms with van der Waals surface area (Å²) in [5.41, 5.74) is 5.99. The molecule has 9 heteroatoms. The van der Waals surface area contributed by atoms with Gasteiger partial charge in [0.25, 0.3) is 0 Å². The summed E-state index contributed by atoms with van der Waals surface area (Å²) < 4.78 is 6.12. The van der Waals surface area contributed by atoms with Crippen molar-refractivity contribution in [2.24, 2.45) is 0 Å². The Bertz CT molecular complexity index is 1440. The number of hydrogen-bond acceptors (Lipinski definition) is 8. The number of aromatic nitrogens is 1. The number of thiophene rings is 1. The fraction of sp³-hybridized carbons (Fsp3) is 0.296. The summed E-state index contributed by atoms with van der Waals surface area (Å²) in [5.74, 6) is -0.00602. The molecule has 3 heterocycles. The molecule has 3 N–H and O–H groups in total. The summed E-state index contributed by atoms with van der Waals surface area (Å²) in [7, 11) is 1.67. The number of amides is 1. The molecule has 184 valence electrons. The number of fused-ring (bicyclic) bond motifs is 2. The van der Waals surface area contributed by atoms with Crippen LogP contribution in [0.1, 0.15) is 22.4 Å². The molecule has 2 aromatic carbocycles. The molecule has 0 unspecified atom stereocenters. The third kappa shape index (κ3) is 5.33. The summed E-state index contributed by atoms with van der Waals surface area (Å²) in [4.78, 5) is 19.0. The number of carbonyl (C=O) groups is 1. The lowest BCUT2D eigenvalue weighted by molar-refractivity contribution is -0.116. The molecule has 1 amide bonds. The van der Waals surface area contributed by atoms with Gasteiger partial charge in [0.2, 0.25) is 5.91 Å². The Morgan fingerprint density at radius 3 is 2.94 bits per heavy atom. The van der Waals surface area contributed by atoms with Gasteiger partial charge >= 0.3 is 0 Å². The topological polar surface area (TPSA) is 99.1 Å². The minimum Gasteiger partial charge on any atom is -0.383 e. The van der Waals surface area contributed by atoms with Gasteiger partial charge in [0.1, 0.15) is 10.0 Å². The highest BCUT2D eigenvalue weighted by atomic mass is 32.1. The zero-order chi connectivity index (χ0) is 24.9. The van der Waals surface area contributed by atoms with E-state index in [1.807, 2.05) is 30.3 Å². The van der Waals surface area contributed by atoms with Gasteiger partial charge in [-0.1, -0.05) is 18.2 Å². The lowest BCUT2D eigenvalue weighted by Crippen LogP contribution is -2.24. The highest BCUT2D eigenvalue weighted by Crippen LogP contribution is 2.45. The van der Waals surface area contributed by atoms with Gasteiger partial charge in [-0.2, -0.15) is 5.26 Å². The summed E-state index contributed by atoms with van der Waals surface area (Å²) in [6, 6.07) is 16.1. The number of nitrogens with one attached hydrogen (secondary N) is 3. The second kappa shape index (κ2) is 11.3. The van der Waals surface area contributed by atoms with E-state index < -0.39 is 0 Å². The van der Waals surface area contributed by atoms with Crippen molar-refractivity contribution >= 4 is 43.8 Å². The number of hydrogen-bond donors (Lipinski definition) is 3. The van der Waals surface area contributed by atoms with Crippen LogP contribution in [0.25, 0.3) is 31.9 Å². The number of methoxy groups -OCH3 is 1. The number of carbonyl (C=O) groups excluding carboxylic acids is 1. The number of benzene rings is 2. The predicted molar refractivity (Wildman–Crippen MR) is 146 cm³/mol. The standard InChI is InChI=1S/C27H27N5O2S2/c1-34-12-11-29-10-8-24(33)32-27-25(20-7-9-30-16-23(20)36-27)26-31-21-6-5-19(14-22(21)35-26)18-4-2-3-17(13-18)15-28/h2-6,13-14,29-30H,7-12,16H2,1H3,(H,32,33). The fourth-order valence-electron chi connectivity index (χ4n) is 4.32. The molecule has 7 nitrogen and oxygen atoms in total. The maximum atomic E-state index is 12.7. The second-order valence-electron chi connectivity index (χ2n) is 8.57. The molecular weight excluding hydrogens is 490 g/mol. The van der Waals surface area contributed by atoms with Crippen molar-refractivity contribution in [3.05, 3.63) is 58.5 Å². The molecule has 36 heavy (non-hydrogen) atoms. The van der Waals surface area contributed by atoms with Crippen LogP contribution in [0, 0.1) is 11.3 Å². The third-order valence-corrected chi connectivity index (χ3v) is 8.30. The monoisotopic (exact) mass is 517 g/mol. The van der Waals surface area contributed by atoms with Gasteiger partial charge < -0.3 is 20.7 Å². The Kier molecular flexibility index (Phi) is 7.70. The van der Waals surface area contributed by atoms with Gasteiger partial charge in [-0.05, 0) is 53.9 Å². The number of nitriles is 1. The Balaban J connectivity index is 1.44. The van der Waals surface area contributed by atoms with E-state index in [0.717, 1.165) is 63.0 Å². The normalized spacial score (nSPS) is 12.9. The van der Waals surface area contributed by atoms with Crippen molar-refractivity contribution < 1.29 is 9.53 Å². The van der Waals surface area contributed by atoms with Crippen LogP contribution in [-0.2, 0) is 22.5 Å². The largest absolute Gasteiger partial charge is 0.383 e. The van der Waals surface area contributed by atoms with Crippen molar-refractivity contribution in [1.29, 1.82) is 5.26 Å². The highest BCUT2D eigenvalue weighted by Gasteiger charge is 2.25. The maximum Gasteiger partial charge on any atom is 0.226 e. The van der Waals surface area contributed by atoms with Gasteiger partial charge in [-0.3, -0.25) is 4.79 Å². The van der Waals surface area contributed by atoms with Crippen LogP contribution < -0.4 is 16.0 Å². The Hall–Kier alpha value is -3.13. The van der Waals surface area contributed by atoms with Crippen LogP contribution in [0.2, 0.25) is 0 Å². The van der Waals surface area contributed by atoms with E-state index >= 15 is 0 Å². The van der Waals surface area contributed by atoms with Gasteiger partial charge in [0.05, 0.1) is 28.5 Å². The summed E-state index contributed by atoms with van der Waals surface area (Å²) in [6.07, 6.45) is 1.31. The number of rotatable bonds is 9. The quantitative estimate of drug-likeness (QED) is 0.277. The maximum absolute atomic E-state index is 12.7. The number of anilines is 1. The average molecular weight is 518 g/mol. The van der Waals surface area contributed by atoms with Crippen molar-refractivity contribution in [3.63, 3.8) is 0 Å². The Labute approximate surface area is 218 Å². The predicted octanol–water partition coefficient (Wildman–Crippen LogP) is 4.77. The molecule has 1 aliphatic heterocycles. The number of nitrogens with zero attached hydrogens (tertiary/aromatic N) is 2. The zero-order valence-electron chi connectivity index (χ0n) is 20.0. The van der Waals surface area contributed by atoms with Crippen LogP contribution in [0.5, 0.6) is 0 Å². The van der Waals surface area contributed by atoms with Crippen LogP contribution in [0.15, 0.2) is 42.5 Å². The van der Waals surface area contributed by atoms with Crippen molar-refractivity contribution in [2.45, 2.75) is 19.4 Å². The first-order chi connectivity index (χ1) is 17.7. The van der Waals surface area contributed by atoms with Crippen molar-refractivity contribution in [1.82, 2.24) is 15.6 Å². The Morgan fingerprint density at radius 1 is 1.19 bits per heavy atom. The van der Waals surface area contributed by atoms with Gasteiger partial charge in [-0.25, -0.2) is 4.98 Å². The van der Waals surface area contributed by atoms with E-state index in [1.165, 1.54) is 10.4 Å². The SMILES string of the molecule is COCCNCCC(=O)Nc1sc2c(c1-c1nc3ccc(-c4cccc(C#N)c4)cc3s1)CCNC2. The zero-order valence-corrected chi connectivity index (χ0v) is 21.7. The smallest absolute Gasteiger partial charge is 0.226 e. The molecule has 0 saturated heterocycles. The fourth-order valence-corrected chi connectivity index (χ4v) is 6.70. The van der Waals surface area contributed by atoms with E-state index in [1.54, 1.807) is 29.8 Å². The number of ether oxygens (including phenoxy) is 1. The molecule has 0 aliphatic carbocycles. The van der Waals surface area contributed by atoms with Crippen LogP contribution in [-0.4, -0.2) is 44.2 Å². The van der Waals surface area contributed by atoms with Gasteiger partial charge in [0, 0.05) is 43.6 Å². The van der Waals surface area contributed by atoms with E-state index in [0.29, 0.717) is 25.1 Å². The van der Waals surface area contributed by atoms with Gasteiger partial charge in [0.15, 0.2) is 0 Å². The van der Waals surface area contributed by atoms with Gasteiger partial charge in [-0.15, -0.1) is 22.7 Å². The van der Waals surface area contributed by atoms with E-state index in [-0.39, 0.29) is 5.91 Å². The third-order valence-electron chi connectivity index (χ3n) is 6.12. The molecule has 0 radical (unpaired) electrons. The minimum absolute atomic E-state index is 0.00602. The molecule has 0 bridgehead atoms. The first-order valence-electron chi connectivity index (χ1n) is 11.9. The lowest BCUT2D eigenvalue weighted by atomic mass is 10.0. The second-order valence-corrected chi connectivity index (χ2v) is 10.7. The van der Waals surface area contributed by atoms with Crippen LogP contribution >= 0.6 is 22.7 Å². The molecule has 1 aliphatic rings. The molecule has 2 aromatic heterocycles. The first kappa shape index (κ1) is 24.6. The molecule has 0 fully saturated rings. The summed E-state index contributed by atoms with van der Waals surface area (Å²) in [6.45, 7) is 3.68. The summed E-state index contributed by atoms with van der Waals surface area (Å²) in [5, 5.41) is 20.9. The first-order valence-corrected chi connectivity index (χ1v) is 13.6. The van der Waals surface area contributed by atoms with Crippen molar-refractivity contribution in [2.75, 3.05) is 38.7 Å². The molecule has 4 aromatic rings. The highest BCUT2D eigenvalue weighted by molar-refractivity contribution is 7.23. The molecule has 0 saturated carbocycles. The molecule has 0 spiro atoms. The van der Waals surface area contributed by atoms with Crippen LogP contribution in [0.4, 0.5) is 5.00 Å². The number of thiazole rings is 1. The lowest BCUT2D eigenvalue weighted by Gasteiger charge is -2.13. The summed E-state index contributed by atoms with van der Waals surface area (Å²) >= 11 is 3.30. The van der Waals surface area contributed by atoms with E-state index in [4.69, 9.17) is 9.72 Å². The molecule has 5 rings (SSSR count). The minimum atomic E-state index is -0.00602. The van der Waals surface area contributed by atoms with E-state index in [2.05, 4.69) is 34.2 Å². The molecular formula is C27H27N5O2S2. The van der Waals surface area contributed by atoms with Crippen LogP contribution in [0.3, 0.4) is 0 Å². The van der Waals surface area contributed by atoms with Crippen molar-refractivity contribution in [3.8, 4) is 27.8 Å². The van der Waals surface area contributed by atoms with E-state index in [9.17, 15) is 10.1 Å². The molecule has 0 atom stereocenters.